The third-order valence-corrected chi connectivity index (χ3v) is 5.62. The Bertz CT molecular complexity index is 1020. The highest BCUT2D eigenvalue weighted by molar-refractivity contribution is 6.46. The average Bonchev–Trinajstić information content (AvgIpc) is 3.11. The normalized spacial score (nSPS) is 17.3. The molecule has 2 aromatic rings. The van der Waals surface area contributed by atoms with Gasteiger partial charge < -0.3 is 24.2 Å². The monoisotopic (exact) mass is 468 g/mol. The number of rotatable bonds is 12. The number of aromatic nitrogens is 1. The van der Waals surface area contributed by atoms with Crippen LogP contribution >= 0.6 is 0 Å². The average molecular weight is 469 g/mol. The van der Waals surface area contributed by atoms with Crippen LogP contribution in [-0.2, 0) is 14.3 Å². The molecule has 1 aromatic carbocycles. The van der Waals surface area contributed by atoms with Crippen LogP contribution in [0.5, 0.6) is 11.5 Å². The molecular weight excluding hydrogens is 436 g/mol. The van der Waals surface area contributed by atoms with Gasteiger partial charge in [0.05, 0.1) is 31.4 Å². The molecular formula is C26H32N2O6. The molecule has 8 nitrogen and oxygen atoms in total. The summed E-state index contributed by atoms with van der Waals surface area (Å²) in [5.74, 6) is -0.547. The SMILES string of the molecule is CCCCCOc1ccc(C2/C(=C(\O)c3ccncc3)C(=O)C(=O)N2CCOC)cc1OCC. The number of hydrogen-bond donors (Lipinski definition) is 1. The Balaban J connectivity index is 2.06. The molecule has 1 aromatic heterocycles. The zero-order chi connectivity index (χ0) is 24.5. The summed E-state index contributed by atoms with van der Waals surface area (Å²) in [5.41, 5.74) is 1.06. The number of benzene rings is 1. The van der Waals surface area contributed by atoms with Crippen molar-refractivity contribution < 1.29 is 28.9 Å². The summed E-state index contributed by atoms with van der Waals surface area (Å²) in [4.78, 5) is 31.3. The van der Waals surface area contributed by atoms with Gasteiger partial charge >= 0.3 is 0 Å². The van der Waals surface area contributed by atoms with Gasteiger partial charge in [0.15, 0.2) is 11.5 Å². The van der Waals surface area contributed by atoms with Crippen molar-refractivity contribution in [2.45, 2.75) is 39.2 Å². The molecule has 8 heteroatoms. The molecule has 2 heterocycles. The fourth-order valence-electron chi connectivity index (χ4n) is 3.93. The Kier molecular flexibility index (Phi) is 9.04. The molecule has 1 aliphatic rings. The van der Waals surface area contributed by atoms with Crippen molar-refractivity contribution in [3.8, 4) is 11.5 Å². The number of pyridine rings is 1. The topological polar surface area (TPSA) is 98.2 Å². The van der Waals surface area contributed by atoms with Crippen LogP contribution in [0.1, 0.15) is 50.3 Å². The Hall–Kier alpha value is -3.39. The molecule has 0 radical (unpaired) electrons. The van der Waals surface area contributed by atoms with E-state index in [2.05, 4.69) is 11.9 Å². The molecule has 1 unspecified atom stereocenters. The zero-order valence-corrected chi connectivity index (χ0v) is 20.0. The van der Waals surface area contributed by atoms with Gasteiger partial charge in [0.25, 0.3) is 11.7 Å². The quantitative estimate of drug-likeness (QED) is 0.217. The number of likely N-dealkylation sites (tertiary alicyclic amines) is 1. The van der Waals surface area contributed by atoms with E-state index in [0.717, 1.165) is 19.3 Å². The summed E-state index contributed by atoms with van der Waals surface area (Å²) in [6.45, 7) is 5.44. The van der Waals surface area contributed by atoms with Gasteiger partial charge in [0.1, 0.15) is 5.76 Å². The maximum Gasteiger partial charge on any atom is 0.295 e. The third-order valence-electron chi connectivity index (χ3n) is 5.62. The second kappa shape index (κ2) is 12.2. The number of hydrogen-bond acceptors (Lipinski definition) is 7. The fourth-order valence-corrected chi connectivity index (χ4v) is 3.93. The molecule has 1 amide bonds. The number of carbonyl (C=O) groups is 2. The van der Waals surface area contributed by atoms with Crippen molar-refractivity contribution in [1.29, 1.82) is 0 Å². The van der Waals surface area contributed by atoms with Gasteiger partial charge in [0.2, 0.25) is 0 Å². The van der Waals surface area contributed by atoms with E-state index in [1.807, 2.05) is 6.92 Å². The molecule has 34 heavy (non-hydrogen) atoms. The summed E-state index contributed by atoms with van der Waals surface area (Å²) >= 11 is 0. The lowest BCUT2D eigenvalue weighted by Crippen LogP contribution is -2.32. The minimum Gasteiger partial charge on any atom is -0.507 e. The maximum atomic E-state index is 13.0. The number of aliphatic hydroxyl groups is 1. The summed E-state index contributed by atoms with van der Waals surface area (Å²) < 4.78 is 16.9. The highest BCUT2D eigenvalue weighted by Gasteiger charge is 2.46. The van der Waals surface area contributed by atoms with Gasteiger partial charge in [-0.2, -0.15) is 0 Å². The molecule has 1 atom stereocenters. The van der Waals surface area contributed by atoms with Crippen molar-refractivity contribution >= 4 is 17.4 Å². The van der Waals surface area contributed by atoms with Crippen molar-refractivity contribution in [3.63, 3.8) is 0 Å². The lowest BCUT2D eigenvalue weighted by molar-refractivity contribution is -0.140. The number of ether oxygens (including phenoxy) is 3. The Morgan fingerprint density at radius 3 is 2.47 bits per heavy atom. The van der Waals surface area contributed by atoms with Crippen LogP contribution in [0.3, 0.4) is 0 Å². The summed E-state index contributed by atoms with van der Waals surface area (Å²) in [6.07, 6.45) is 6.14. The molecule has 1 fully saturated rings. The van der Waals surface area contributed by atoms with Crippen LogP contribution in [0.4, 0.5) is 0 Å². The number of nitrogens with zero attached hydrogens (tertiary/aromatic N) is 2. The molecule has 3 rings (SSSR count). The Morgan fingerprint density at radius 2 is 1.79 bits per heavy atom. The number of carbonyl (C=O) groups excluding carboxylic acids is 2. The van der Waals surface area contributed by atoms with Crippen molar-refractivity contribution in [2.24, 2.45) is 0 Å². The molecule has 0 spiro atoms. The molecule has 0 aliphatic carbocycles. The van der Waals surface area contributed by atoms with E-state index in [1.54, 1.807) is 30.3 Å². The van der Waals surface area contributed by atoms with Crippen LogP contribution in [0.2, 0.25) is 0 Å². The van der Waals surface area contributed by atoms with Crippen LogP contribution < -0.4 is 9.47 Å². The van der Waals surface area contributed by atoms with E-state index in [0.29, 0.717) is 35.8 Å². The van der Waals surface area contributed by atoms with Gasteiger partial charge in [-0.15, -0.1) is 0 Å². The lowest BCUT2D eigenvalue weighted by Gasteiger charge is -2.26. The highest BCUT2D eigenvalue weighted by atomic mass is 16.5. The van der Waals surface area contributed by atoms with E-state index in [1.165, 1.54) is 24.4 Å². The van der Waals surface area contributed by atoms with Crippen LogP contribution in [0.15, 0.2) is 48.3 Å². The number of ketones is 1. The first kappa shape index (κ1) is 25.2. The van der Waals surface area contributed by atoms with Gasteiger partial charge in [-0.1, -0.05) is 25.8 Å². The summed E-state index contributed by atoms with van der Waals surface area (Å²) in [7, 11) is 1.53. The Morgan fingerprint density at radius 1 is 1.03 bits per heavy atom. The smallest absolute Gasteiger partial charge is 0.295 e. The van der Waals surface area contributed by atoms with E-state index >= 15 is 0 Å². The highest BCUT2D eigenvalue weighted by Crippen LogP contribution is 2.42. The molecule has 0 bridgehead atoms. The van der Waals surface area contributed by atoms with E-state index in [-0.39, 0.29) is 24.5 Å². The molecule has 0 saturated carbocycles. The number of unbranched alkanes of at least 4 members (excludes halogenated alkanes) is 2. The molecule has 182 valence electrons. The minimum atomic E-state index is -0.795. The second-order valence-electron chi connectivity index (χ2n) is 7.92. The van der Waals surface area contributed by atoms with Gasteiger partial charge in [0, 0.05) is 31.6 Å². The van der Waals surface area contributed by atoms with Crippen LogP contribution in [0, 0.1) is 0 Å². The number of aliphatic hydroxyl groups excluding tert-OH is 1. The molecule has 1 N–H and O–H groups in total. The van der Waals surface area contributed by atoms with Crippen LogP contribution in [0.25, 0.3) is 5.76 Å². The summed E-state index contributed by atoms with van der Waals surface area (Å²) in [5, 5.41) is 11.0. The van der Waals surface area contributed by atoms with Crippen molar-refractivity contribution in [1.82, 2.24) is 9.88 Å². The minimum absolute atomic E-state index is 0.0198. The van der Waals surface area contributed by atoms with E-state index in [9.17, 15) is 14.7 Å². The number of methoxy groups -OCH3 is 1. The number of amides is 1. The molecule has 1 saturated heterocycles. The summed E-state index contributed by atoms with van der Waals surface area (Å²) in [6, 6.07) is 7.75. The first-order valence-electron chi connectivity index (χ1n) is 11.6. The zero-order valence-electron chi connectivity index (χ0n) is 20.0. The third kappa shape index (κ3) is 5.56. The maximum absolute atomic E-state index is 13.0. The fraction of sp³-hybridized carbons (Fsp3) is 0.423. The second-order valence-corrected chi connectivity index (χ2v) is 7.92. The van der Waals surface area contributed by atoms with E-state index in [4.69, 9.17) is 14.2 Å². The Labute approximate surface area is 200 Å². The first-order valence-corrected chi connectivity index (χ1v) is 11.6. The van der Waals surface area contributed by atoms with Crippen molar-refractivity contribution in [3.05, 3.63) is 59.4 Å². The van der Waals surface area contributed by atoms with Gasteiger partial charge in [-0.25, -0.2) is 0 Å². The predicted molar refractivity (Wildman–Crippen MR) is 128 cm³/mol. The molecule has 1 aliphatic heterocycles. The predicted octanol–water partition coefficient (Wildman–Crippen LogP) is 4.12. The van der Waals surface area contributed by atoms with Crippen LogP contribution in [-0.4, -0.2) is 60.2 Å². The van der Waals surface area contributed by atoms with E-state index < -0.39 is 17.7 Å². The lowest BCUT2D eigenvalue weighted by atomic mass is 9.95. The first-order chi connectivity index (χ1) is 16.5. The largest absolute Gasteiger partial charge is 0.507 e. The van der Waals surface area contributed by atoms with Gasteiger partial charge in [-0.05, 0) is 43.2 Å². The van der Waals surface area contributed by atoms with Gasteiger partial charge in [-0.3, -0.25) is 14.6 Å². The van der Waals surface area contributed by atoms with Crippen molar-refractivity contribution in [2.75, 3.05) is 33.5 Å². The standard InChI is InChI=1S/C26H32N2O6/c1-4-6-7-15-34-20-9-8-19(17-21(20)33-5-2)23-22(24(29)18-10-12-27-13-11-18)25(30)26(31)28(23)14-16-32-3/h8-13,17,23,29H,4-7,14-16H2,1-3H3/b24-22+. The number of Topliss-reactive ketones (excluding diaryl/α,β-unsaturated/α-hetero) is 1.